The van der Waals surface area contributed by atoms with Crippen molar-refractivity contribution in [1.82, 2.24) is 10.1 Å². The van der Waals surface area contributed by atoms with Gasteiger partial charge in [-0.15, -0.1) is 0 Å². The van der Waals surface area contributed by atoms with Gasteiger partial charge in [-0.2, -0.15) is 4.98 Å². The summed E-state index contributed by atoms with van der Waals surface area (Å²) in [5.74, 6) is 1.25. The van der Waals surface area contributed by atoms with Gasteiger partial charge in [-0.3, -0.25) is 0 Å². The predicted octanol–water partition coefficient (Wildman–Crippen LogP) is 4.14. The number of hydrogen-bond acceptors (Lipinski definition) is 6. The van der Waals surface area contributed by atoms with E-state index in [2.05, 4.69) is 12.1 Å². The van der Waals surface area contributed by atoms with Crippen molar-refractivity contribution >= 4 is 5.97 Å². The molecule has 0 radical (unpaired) electrons. The molecule has 0 atom stereocenters. The van der Waals surface area contributed by atoms with E-state index >= 15 is 0 Å². The van der Waals surface area contributed by atoms with Gasteiger partial charge >= 0.3 is 5.97 Å². The average molecular weight is 356 g/mol. The fraction of sp³-hybridized carbons (Fsp3) is 0.550. The van der Waals surface area contributed by atoms with Crippen molar-refractivity contribution in [3.05, 3.63) is 29.7 Å². The second-order valence-electron chi connectivity index (χ2n) is 7.92. The lowest BCUT2D eigenvalue weighted by atomic mass is 9.54. The Morgan fingerprint density at radius 2 is 1.81 bits per heavy atom. The quantitative estimate of drug-likeness (QED) is 0.766. The number of aromatic nitrogens is 2. The maximum Gasteiger partial charge on any atom is 0.341 e. The second-order valence-corrected chi connectivity index (χ2v) is 7.92. The van der Waals surface area contributed by atoms with Crippen molar-refractivity contribution in [3.8, 4) is 17.1 Å². The number of fused-ring (bicyclic) bond motifs is 3. The summed E-state index contributed by atoms with van der Waals surface area (Å²) in [5.41, 5.74) is 1.59. The molecule has 0 saturated heterocycles. The van der Waals surface area contributed by atoms with Gasteiger partial charge in [0.25, 0.3) is 0 Å². The highest BCUT2D eigenvalue weighted by Crippen LogP contribution is 2.57. The Morgan fingerprint density at radius 3 is 2.42 bits per heavy atom. The van der Waals surface area contributed by atoms with Gasteiger partial charge in [-0.1, -0.05) is 12.1 Å². The number of esters is 1. The largest absolute Gasteiger partial charge is 0.496 e. The van der Waals surface area contributed by atoms with E-state index in [9.17, 15) is 4.79 Å². The Kier molecular flexibility index (Phi) is 4.01. The van der Waals surface area contributed by atoms with Crippen LogP contribution in [-0.4, -0.2) is 30.3 Å². The molecule has 138 valence electrons. The number of carbonyl (C=O) groups excluding carboxylic acids is 1. The molecule has 6 nitrogen and oxygen atoms in total. The third kappa shape index (κ3) is 2.68. The molecule has 3 aliphatic carbocycles. The Morgan fingerprint density at radius 1 is 1.12 bits per heavy atom. The van der Waals surface area contributed by atoms with Crippen molar-refractivity contribution in [1.29, 1.82) is 0 Å². The normalized spacial score (nSPS) is 27.3. The number of nitrogens with zero attached hydrogens (tertiary/aromatic N) is 2. The van der Waals surface area contributed by atoms with Gasteiger partial charge in [0.2, 0.25) is 11.7 Å². The lowest BCUT2D eigenvalue weighted by Gasteiger charge is -2.50. The van der Waals surface area contributed by atoms with Crippen molar-refractivity contribution in [2.75, 3.05) is 14.2 Å². The molecule has 0 N–H and O–H groups in total. The molecule has 5 rings (SSSR count). The molecule has 1 aromatic heterocycles. The van der Waals surface area contributed by atoms with Crippen molar-refractivity contribution < 1.29 is 18.8 Å². The van der Waals surface area contributed by atoms with Crippen LogP contribution in [0.5, 0.6) is 5.75 Å². The predicted molar refractivity (Wildman–Crippen MR) is 95.1 cm³/mol. The molecule has 3 fully saturated rings. The molecular formula is C20H24N2O4. The summed E-state index contributed by atoms with van der Waals surface area (Å²) in [6.07, 6.45) is 7.00. The number of carbonyl (C=O) groups is 1. The van der Waals surface area contributed by atoms with E-state index in [1.54, 1.807) is 12.1 Å². The summed E-state index contributed by atoms with van der Waals surface area (Å²) < 4.78 is 15.8. The third-order valence-corrected chi connectivity index (χ3v) is 6.36. The maximum absolute atomic E-state index is 12.0. The van der Waals surface area contributed by atoms with Gasteiger partial charge < -0.3 is 14.0 Å². The summed E-state index contributed by atoms with van der Waals surface area (Å²) in [6, 6.07) is 5.24. The van der Waals surface area contributed by atoms with E-state index in [1.807, 2.05) is 6.07 Å². The zero-order chi connectivity index (χ0) is 18.4. The zero-order valence-electron chi connectivity index (χ0n) is 15.5. The topological polar surface area (TPSA) is 74.5 Å². The minimum Gasteiger partial charge on any atom is -0.496 e. The molecule has 2 aromatic rings. The number of hydrogen-bond donors (Lipinski definition) is 0. The van der Waals surface area contributed by atoms with Gasteiger partial charge in [-0.25, -0.2) is 4.79 Å². The Bertz CT molecular complexity index is 818. The van der Waals surface area contributed by atoms with E-state index < -0.39 is 5.97 Å². The van der Waals surface area contributed by atoms with E-state index in [-0.39, 0.29) is 5.41 Å². The van der Waals surface area contributed by atoms with Gasteiger partial charge in [-0.05, 0) is 62.1 Å². The molecule has 3 saturated carbocycles. The average Bonchev–Trinajstić information content (AvgIpc) is 3.19. The molecule has 26 heavy (non-hydrogen) atoms. The molecule has 0 spiro atoms. The molecule has 1 aromatic carbocycles. The first-order valence-corrected chi connectivity index (χ1v) is 9.10. The number of methoxy groups -OCH3 is 2. The smallest absolute Gasteiger partial charge is 0.341 e. The fourth-order valence-corrected chi connectivity index (χ4v) is 4.37. The second kappa shape index (κ2) is 6.11. The first-order chi connectivity index (χ1) is 12.5. The van der Waals surface area contributed by atoms with Crippen LogP contribution in [0.2, 0.25) is 0 Å². The standard InChI is InChI=1S/C20H24N2O4/c1-19-6-9-20(10-7-19,11-8-19)18-21-16(22-26-18)13-4-5-15(24-2)14(12-13)17(23)25-3/h4-5,12H,6-11H2,1-3H3. The first kappa shape index (κ1) is 17.1. The van der Waals surface area contributed by atoms with Crippen LogP contribution in [0.3, 0.4) is 0 Å². The van der Waals surface area contributed by atoms with Crippen LogP contribution in [0.25, 0.3) is 11.4 Å². The van der Waals surface area contributed by atoms with Crippen LogP contribution >= 0.6 is 0 Å². The summed E-state index contributed by atoms with van der Waals surface area (Å²) in [7, 11) is 2.87. The van der Waals surface area contributed by atoms with E-state index in [1.165, 1.54) is 33.5 Å². The minimum atomic E-state index is -0.454. The van der Waals surface area contributed by atoms with Crippen LogP contribution in [0, 0.1) is 5.41 Å². The van der Waals surface area contributed by atoms with Gasteiger partial charge in [0.05, 0.1) is 14.2 Å². The number of rotatable bonds is 4. The lowest BCUT2D eigenvalue weighted by molar-refractivity contribution is 0.0364. The van der Waals surface area contributed by atoms with Crippen molar-refractivity contribution in [2.24, 2.45) is 5.41 Å². The molecule has 6 heteroatoms. The number of ether oxygens (including phenoxy) is 2. The van der Waals surface area contributed by atoms with Gasteiger partial charge in [0.15, 0.2) is 0 Å². The van der Waals surface area contributed by atoms with Gasteiger partial charge in [0.1, 0.15) is 11.3 Å². The molecule has 0 amide bonds. The highest BCUT2D eigenvalue weighted by atomic mass is 16.5. The minimum absolute atomic E-state index is 0.0284. The summed E-state index contributed by atoms with van der Waals surface area (Å²) in [5, 5.41) is 4.19. The van der Waals surface area contributed by atoms with E-state index in [4.69, 9.17) is 19.0 Å². The van der Waals surface area contributed by atoms with Crippen LogP contribution in [0.4, 0.5) is 0 Å². The molecule has 3 aliphatic rings. The van der Waals surface area contributed by atoms with Crippen molar-refractivity contribution in [2.45, 2.75) is 50.9 Å². The highest BCUT2D eigenvalue weighted by molar-refractivity contribution is 5.93. The summed E-state index contributed by atoms with van der Waals surface area (Å²) >= 11 is 0. The Balaban J connectivity index is 1.66. The lowest BCUT2D eigenvalue weighted by Crippen LogP contribution is -2.42. The first-order valence-electron chi connectivity index (χ1n) is 9.10. The van der Waals surface area contributed by atoms with Crippen LogP contribution < -0.4 is 4.74 Å². The van der Waals surface area contributed by atoms with E-state index in [0.29, 0.717) is 28.1 Å². The summed E-state index contributed by atoms with van der Waals surface area (Å²) in [6.45, 7) is 2.39. The van der Waals surface area contributed by atoms with Crippen molar-refractivity contribution in [3.63, 3.8) is 0 Å². The molecule has 0 unspecified atom stereocenters. The molecular weight excluding hydrogens is 332 g/mol. The highest BCUT2D eigenvalue weighted by Gasteiger charge is 2.50. The zero-order valence-corrected chi connectivity index (χ0v) is 15.5. The molecule has 1 heterocycles. The Hall–Kier alpha value is -2.37. The van der Waals surface area contributed by atoms with E-state index in [0.717, 1.165) is 25.2 Å². The van der Waals surface area contributed by atoms with Crippen LogP contribution in [0.15, 0.2) is 22.7 Å². The van der Waals surface area contributed by atoms with Gasteiger partial charge in [0, 0.05) is 11.0 Å². The SMILES string of the molecule is COC(=O)c1cc(-c2noc(C34CCC(C)(CC3)CC4)n2)ccc1OC. The molecule has 2 bridgehead atoms. The maximum atomic E-state index is 12.0. The third-order valence-electron chi connectivity index (χ3n) is 6.36. The fourth-order valence-electron chi connectivity index (χ4n) is 4.37. The van der Waals surface area contributed by atoms with Crippen LogP contribution in [0.1, 0.15) is 61.7 Å². The molecule has 0 aliphatic heterocycles. The monoisotopic (exact) mass is 356 g/mol. The van der Waals surface area contributed by atoms with Crippen LogP contribution in [-0.2, 0) is 10.2 Å². The number of benzene rings is 1. The summed E-state index contributed by atoms with van der Waals surface area (Å²) in [4.78, 5) is 16.7. The Labute approximate surface area is 152 Å².